The molecule has 1 spiro atoms. The van der Waals surface area contributed by atoms with Crippen LogP contribution >= 0.6 is 0 Å². The molecule has 1 aromatic rings. The molecule has 0 radical (unpaired) electrons. The van der Waals surface area contributed by atoms with Gasteiger partial charge in [-0.3, -0.25) is 14.4 Å². The fourth-order valence-corrected chi connectivity index (χ4v) is 8.30. The van der Waals surface area contributed by atoms with Crippen LogP contribution < -0.4 is 0 Å². The van der Waals surface area contributed by atoms with Crippen molar-refractivity contribution in [3.63, 3.8) is 0 Å². The van der Waals surface area contributed by atoms with Gasteiger partial charge >= 0.3 is 0 Å². The van der Waals surface area contributed by atoms with E-state index in [4.69, 9.17) is 0 Å². The molecule has 0 N–H and O–H groups in total. The van der Waals surface area contributed by atoms with Crippen LogP contribution in [0.3, 0.4) is 0 Å². The van der Waals surface area contributed by atoms with E-state index in [9.17, 15) is 14.4 Å². The summed E-state index contributed by atoms with van der Waals surface area (Å²) in [6, 6.07) is 6.36. The molecule has 3 nitrogen and oxygen atoms in total. The minimum atomic E-state index is -0.0974. The van der Waals surface area contributed by atoms with E-state index < -0.39 is 0 Å². The van der Waals surface area contributed by atoms with Gasteiger partial charge in [-0.25, -0.2) is 0 Å². The Labute approximate surface area is 215 Å². The summed E-state index contributed by atoms with van der Waals surface area (Å²) < 4.78 is 0. The Morgan fingerprint density at radius 1 is 1.08 bits per heavy atom. The average molecular weight is 483 g/mol. The molecule has 6 rings (SSSR count). The van der Waals surface area contributed by atoms with Crippen LogP contribution in [0.25, 0.3) is 5.57 Å². The molecule has 7 atom stereocenters. The third-order valence-corrected chi connectivity index (χ3v) is 10.6. The van der Waals surface area contributed by atoms with E-state index in [1.54, 1.807) is 0 Å². The summed E-state index contributed by atoms with van der Waals surface area (Å²) >= 11 is 0. The Morgan fingerprint density at radius 2 is 1.81 bits per heavy atom. The zero-order valence-electron chi connectivity index (χ0n) is 21.9. The molecular formula is C33H38O3. The molecule has 36 heavy (non-hydrogen) atoms. The second kappa shape index (κ2) is 8.23. The topological polar surface area (TPSA) is 51.2 Å². The van der Waals surface area contributed by atoms with Crippen molar-refractivity contribution in [2.24, 2.45) is 40.9 Å². The zero-order chi connectivity index (χ0) is 25.4. The Bertz CT molecular complexity index is 1220. The molecule has 0 aromatic heterocycles. The van der Waals surface area contributed by atoms with E-state index in [1.165, 1.54) is 12.0 Å². The van der Waals surface area contributed by atoms with Crippen molar-refractivity contribution in [3.05, 3.63) is 65.8 Å². The number of fused-ring (bicyclic) bond motifs is 6. The molecule has 0 aliphatic heterocycles. The number of Topliss-reactive ketones (excluding diaryl/α,β-unsaturated/α-hetero) is 3. The lowest BCUT2D eigenvalue weighted by Gasteiger charge is -2.49. The zero-order valence-corrected chi connectivity index (χ0v) is 21.9. The molecule has 7 unspecified atom stereocenters. The van der Waals surface area contributed by atoms with Crippen LogP contribution in [0.15, 0.2) is 49.1 Å². The lowest BCUT2D eigenvalue weighted by atomic mass is 9.54. The number of allylic oxidation sites excluding steroid dienone is 5. The van der Waals surface area contributed by atoms with Gasteiger partial charge in [0.25, 0.3) is 0 Å². The molecule has 1 aromatic carbocycles. The second-order valence-corrected chi connectivity index (χ2v) is 12.5. The number of hydrogen-bond donors (Lipinski definition) is 0. The first kappa shape index (κ1) is 23.8. The van der Waals surface area contributed by atoms with E-state index in [2.05, 4.69) is 45.6 Å². The van der Waals surface area contributed by atoms with Gasteiger partial charge in [0.2, 0.25) is 0 Å². The predicted molar refractivity (Wildman–Crippen MR) is 142 cm³/mol. The van der Waals surface area contributed by atoms with E-state index in [1.807, 2.05) is 24.3 Å². The van der Waals surface area contributed by atoms with Crippen molar-refractivity contribution in [3.8, 4) is 0 Å². The highest BCUT2D eigenvalue weighted by Gasteiger charge is 2.83. The Hall–Kier alpha value is -2.55. The SMILES string of the molecule is C=CC(C)C(CC)CC1(C)CC(=O)c2c(C3=CCC(=O)C4CC4C(=O)CC=C3)cccc2C12C1CC12. The van der Waals surface area contributed by atoms with Crippen molar-refractivity contribution in [2.45, 2.75) is 71.1 Å². The van der Waals surface area contributed by atoms with Gasteiger partial charge in [-0.2, -0.15) is 0 Å². The molecule has 0 amide bonds. The first-order valence-electron chi connectivity index (χ1n) is 14.0. The summed E-state index contributed by atoms with van der Waals surface area (Å²) in [4.78, 5) is 39.1. The summed E-state index contributed by atoms with van der Waals surface area (Å²) in [5.74, 6) is 2.75. The quantitative estimate of drug-likeness (QED) is 0.414. The van der Waals surface area contributed by atoms with Gasteiger partial charge in [0.1, 0.15) is 11.6 Å². The van der Waals surface area contributed by atoms with Crippen molar-refractivity contribution in [1.82, 2.24) is 0 Å². The number of carbonyl (C=O) groups is 3. The normalized spacial score (nSPS) is 37.9. The summed E-state index contributed by atoms with van der Waals surface area (Å²) in [5, 5.41) is 0. The third kappa shape index (κ3) is 3.34. The van der Waals surface area contributed by atoms with Crippen LogP contribution in [0, 0.1) is 40.9 Å². The van der Waals surface area contributed by atoms with Gasteiger partial charge in [0, 0.05) is 42.1 Å². The highest BCUT2D eigenvalue weighted by molar-refractivity contribution is 6.06. The van der Waals surface area contributed by atoms with Crippen molar-refractivity contribution in [2.75, 3.05) is 0 Å². The van der Waals surface area contributed by atoms with Crippen LogP contribution in [-0.2, 0) is 15.0 Å². The van der Waals surface area contributed by atoms with Crippen LogP contribution in [0.1, 0.15) is 87.2 Å². The Kier molecular flexibility index (Phi) is 5.45. The minimum Gasteiger partial charge on any atom is -0.299 e. The van der Waals surface area contributed by atoms with Crippen molar-refractivity contribution >= 4 is 22.9 Å². The van der Waals surface area contributed by atoms with Gasteiger partial charge < -0.3 is 0 Å². The maximum Gasteiger partial charge on any atom is 0.164 e. The molecule has 188 valence electrons. The number of benzene rings is 1. The van der Waals surface area contributed by atoms with Gasteiger partial charge in [-0.05, 0) is 65.0 Å². The molecule has 3 heteroatoms. The summed E-state index contributed by atoms with van der Waals surface area (Å²) in [7, 11) is 0. The van der Waals surface area contributed by atoms with Gasteiger partial charge in [-0.1, -0.05) is 69.7 Å². The smallest absolute Gasteiger partial charge is 0.164 e. The predicted octanol–water partition coefficient (Wildman–Crippen LogP) is 6.91. The van der Waals surface area contributed by atoms with Crippen LogP contribution in [0.4, 0.5) is 0 Å². The standard InChI is InChI=1S/C33H38O3/c1-5-19(3)20(6-2)17-32(4)18-30(36)31-22(10-8-11-25(31)33(32)26-16-27(26)33)21-9-7-12-28(34)23-15-24(23)29(35)14-13-21/h5,7-11,13,19-20,23-24,26-27H,1,6,12,14-18H2,2-4H3. The first-order valence-corrected chi connectivity index (χ1v) is 14.0. The summed E-state index contributed by atoms with van der Waals surface area (Å²) in [6.45, 7) is 11.0. The van der Waals surface area contributed by atoms with Crippen LogP contribution in [-0.4, -0.2) is 17.3 Å². The molecule has 3 saturated carbocycles. The van der Waals surface area contributed by atoms with E-state index >= 15 is 0 Å². The van der Waals surface area contributed by atoms with Crippen molar-refractivity contribution < 1.29 is 14.4 Å². The summed E-state index contributed by atoms with van der Waals surface area (Å²) in [5.41, 5.74) is 4.06. The lowest BCUT2D eigenvalue weighted by Crippen LogP contribution is -2.46. The molecule has 0 bridgehead atoms. The van der Waals surface area contributed by atoms with Gasteiger partial charge in [0.15, 0.2) is 5.78 Å². The molecule has 5 aliphatic rings. The highest BCUT2D eigenvalue weighted by Crippen LogP contribution is 2.86. The monoisotopic (exact) mass is 482 g/mol. The number of ketones is 3. The van der Waals surface area contributed by atoms with Crippen LogP contribution in [0.5, 0.6) is 0 Å². The molecule has 5 aliphatic carbocycles. The number of hydrogen-bond acceptors (Lipinski definition) is 3. The second-order valence-electron chi connectivity index (χ2n) is 12.5. The first-order chi connectivity index (χ1) is 17.3. The maximum atomic E-state index is 14.0. The largest absolute Gasteiger partial charge is 0.299 e. The average Bonchev–Trinajstić information content (AvgIpc) is 3.74. The fourth-order valence-electron chi connectivity index (χ4n) is 8.30. The van der Waals surface area contributed by atoms with E-state index in [-0.39, 0.29) is 40.0 Å². The third-order valence-electron chi connectivity index (χ3n) is 10.6. The molecule has 0 heterocycles. The fraction of sp³-hybridized carbons (Fsp3) is 0.545. The Morgan fingerprint density at radius 3 is 2.44 bits per heavy atom. The van der Waals surface area contributed by atoms with Crippen molar-refractivity contribution in [1.29, 1.82) is 0 Å². The lowest BCUT2D eigenvalue weighted by molar-refractivity contribution is -0.124. The maximum absolute atomic E-state index is 14.0. The highest BCUT2D eigenvalue weighted by atomic mass is 16.1. The van der Waals surface area contributed by atoms with Crippen LogP contribution in [0.2, 0.25) is 0 Å². The number of rotatable bonds is 6. The van der Waals surface area contributed by atoms with E-state index in [0.29, 0.717) is 49.4 Å². The van der Waals surface area contributed by atoms with Gasteiger partial charge in [0.05, 0.1) is 0 Å². The summed E-state index contributed by atoms with van der Waals surface area (Å²) in [6.07, 6.45) is 13.4. The van der Waals surface area contributed by atoms with E-state index in [0.717, 1.165) is 29.5 Å². The number of carbonyl (C=O) groups excluding carboxylic acids is 3. The Balaban J connectivity index is 1.40. The molecule has 0 saturated heterocycles. The van der Waals surface area contributed by atoms with Gasteiger partial charge in [-0.15, -0.1) is 6.58 Å². The minimum absolute atomic E-state index is 0.0365. The molecule has 3 fully saturated rings. The molecular weight excluding hydrogens is 444 g/mol.